The molecule has 16 heavy (non-hydrogen) atoms. The number of aromatic hydroxyl groups is 1. The Labute approximate surface area is 95.7 Å². The third-order valence-corrected chi connectivity index (χ3v) is 2.83. The highest BCUT2D eigenvalue weighted by Gasteiger charge is 2.07. The van der Waals surface area contributed by atoms with Gasteiger partial charge in [0.1, 0.15) is 12.4 Å². The van der Waals surface area contributed by atoms with Gasteiger partial charge in [0.25, 0.3) is 5.91 Å². The quantitative estimate of drug-likeness (QED) is 0.851. The molecule has 0 unspecified atom stereocenters. The number of methoxy groups -OCH3 is 1. The van der Waals surface area contributed by atoms with Crippen molar-refractivity contribution in [3.05, 3.63) is 18.2 Å². The molecule has 1 heterocycles. The van der Waals surface area contributed by atoms with Crippen LogP contribution in [0.4, 0.5) is 5.13 Å². The van der Waals surface area contributed by atoms with Crippen molar-refractivity contribution in [1.29, 1.82) is 0 Å². The Hall–Kier alpha value is -1.66. The third kappa shape index (κ3) is 2.29. The standard InChI is InChI=1S/C10H10N2O3S/c1-15-5-9(14)12-10-11-7-3-2-6(13)4-8(7)16-10/h2-4,13H,5H2,1H3,(H,11,12,14). The average Bonchev–Trinajstić information content (AvgIpc) is 2.59. The summed E-state index contributed by atoms with van der Waals surface area (Å²) in [6.45, 7) is 0.00117. The Morgan fingerprint density at radius 2 is 2.44 bits per heavy atom. The van der Waals surface area contributed by atoms with Gasteiger partial charge in [-0.3, -0.25) is 10.1 Å². The molecular weight excluding hydrogens is 228 g/mol. The number of amides is 1. The molecule has 2 aromatic rings. The highest BCUT2D eigenvalue weighted by Crippen LogP contribution is 2.28. The second-order valence-corrected chi connectivity index (χ2v) is 4.18. The van der Waals surface area contributed by atoms with Crippen LogP contribution < -0.4 is 5.32 Å². The number of phenolic OH excluding ortho intramolecular Hbond substituents is 1. The maximum atomic E-state index is 11.2. The Bertz CT molecular complexity index is 524. The molecule has 1 aromatic heterocycles. The second-order valence-electron chi connectivity index (χ2n) is 3.15. The summed E-state index contributed by atoms with van der Waals surface area (Å²) in [5.74, 6) is -0.0586. The number of hydrogen-bond donors (Lipinski definition) is 2. The maximum Gasteiger partial charge on any atom is 0.252 e. The molecule has 0 fully saturated rings. The van der Waals surface area contributed by atoms with Crippen LogP contribution in [-0.4, -0.2) is 29.7 Å². The third-order valence-electron chi connectivity index (χ3n) is 1.89. The van der Waals surface area contributed by atoms with E-state index in [0.717, 1.165) is 10.2 Å². The minimum absolute atomic E-state index is 0.00117. The van der Waals surface area contributed by atoms with E-state index in [1.165, 1.54) is 18.4 Å². The van der Waals surface area contributed by atoms with Crippen molar-refractivity contribution in [3.63, 3.8) is 0 Å². The second kappa shape index (κ2) is 4.46. The summed E-state index contributed by atoms with van der Waals surface area (Å²) < 4.78 is 5.52. The number of anilines is 1. The first-order valence-electron chi connectivity index (χ1n) is 4.57. The van der Waals surface area contributed by atoms with Crippen molar-refractivity contribution < 1.29 is 14.6 Å². The molecule has 0 radical (unpaired) electrons. The molecular formula is C10H10N2O3S. The minimum Gasteiger partial charge on any atom is -0.508 e. The molecule has 6 heteroatoms. The fourth-order valence-electron chi connectivity index (χ4n) is 1.25. The zero-order chi connectivity index (χ0) is 11.5. The van der Waals surface area contributed by atoms with Crippen LogP contribution in [0.3, 0.4) is 0 Å². The molecule has 0 aliphatic rings. The van der Waals surface area contributed by atoms with Crippen LogP contribution in [-0.2, 0) is 9.53 Å². The Kier molecular flexibility index (Phi) is 3.02. The van der Waals surface area contributed by atoms with Gasteiger partial charge in [-0.2, -0.15) is 0 Å². The fraction of sp³-hybridized carbons (Fsp3) is 0.200. The molecule has 0 saturated carbocycles. The predicted octanol–water partition coefficient (Wildman–Crippen LogP) is 1.59. The first kappa shape index (κ1) is 10.8. The van der Waals surface area contributed by atoms with E-state index in [1.54, 1.807) is 18.2 Å². The summed E-state index contributed by atoms with van der Waals surface area (Å²) in [6.07, 6.45) is 0. The largest absolute Gasteiger partial charge is 0.508 e. The number of carbonyl (C=O) groups is 1. The van der Waals surface area contributed by atoms with Crippen molar-refractivity contribution in [2.75, 3.05) is 19.0 Å². The van der Waals surface area contributed by atoms with Crippen LogP contribution in [0.15, 0.2) is 18.2 Å². The Morgan fingerprint density at radius 3 is 3.19 bits per heavy atom. The van der Waals surface area contributed by atoms with Gasteiger partial charge in [-0.1, -0.05) is 11.3 Å². The van der Waals surface area contributed by atoms with Crippen LogP contribution in [0, 0.1) is 0 Å². The first-order chi connectivity index (χ1) is 7.69. The van der Waals surface area contributed by atoms with Gasteiger partial charge in [0.05, 0.1) is 10.2 Å². The van der Waals surface area contributed by atoms with Crippen molar-refractivity contribution in [1.82, 2.24) is 4.98 Å². The SMILES string of the molecule is COCC(=O)Nc1nc2ccc(O)cc2s1. The summed E-state index contributed by atoms with van der Waals surface area (Å²) in [4.78, 5) is 15.4. The van der Waals surface area contributed by atoms with E-state index in [4.69, 9.17) is 4.74 Å². The van der Waals surface area contributed by atoms with Crippen LogP contribution >= 0.6 is 11.3 Å². The zero-order valence-corrected chi connectivity index (χ0v) is 9.37. The number of phenols is 1. The zero-order valence-electron chi connectivity index (χ0n) is 8.56. The molecule has 84 valence electrons. The van der Waals surface area contributed by atoms with E-state index < -0.39 is 0 Å². The summed E-state index contributed by atoms with van der Waals surface area (Å²) in [5, 5.41) is 12.4. The lowest BCUT2D eigenvalue weighted by atomic mass is 10.3. The van der Waals surface area contributed by atoms with Crippen molar-refractivity contribution in [2.45, 2.75) is 0 Å². The van der Waals surface area contributed by atoms with Crippen LogP contribution in [0.2, 0.25) is 0 Å². The lowest BCUT2D eigenvalue weighted by molar-refractivity contribution is -0.119. The molecule has 0 atom stereocenters. The lowest BCUT2D eigenvalue weighted by Gasteiger charge is -1.98. The topological polar surface area (TPSA) is 71.5 Å². The maximum absolute atomic E-state index is 11.2. The van der Waals surface area contributed by atoms with E-state index in [9.17, 15) is 9.90 Å². The fourth-order valence-corrected chi connectivity index (χ4v) is 2.17. The van der Waals surface area contributed by atoms with E-state index in [1.807, 2.05) is 0 Å². The number of rotatable bonds is 3. The van der Waals surface area contributed by atoms with Gasteiger partial charge in [-0.25, -0.2) is 4.98 Å². The highest BCUT2D eigenvalue weighted by molar-refractivity contribution is 7.22. The van der Waals surface area contributed by atoms with Gasteiger partial charge in [-0.15, -0.1) is 0 Å². The van der Waals surface area contributed by atoms with E-state index in [2.05, 4.69) is 10.3 Å². The van der Waals surface area contributed by atoms with Gasteiger partial charge in [0.15, 0.2) is 5.13 Å². The molecule has 0 saturated heterocycles. The van der Waals surface area contributed by atoms with Crippen LogP contribution in [0.1, 0.15) is 0 Å². The van der Waals surface area contributed by atoms with Gasteiger partial charge < -0.3 is 9.84 Å². The Balaban J connectivity index is 2.23. The number of aromatic nitrogens is 1. The number of fused-ring (bicyclic) bond motifs is 1. The molecule has 2 N–H and O–H groups in total. The van der Waals surface area contributed by atoms with E-state index >= 15 is 0 Å². The molecule has 0 bridgehead atoms. The summed E-state index contributed by atoms with van der Waals surface area (Å²) in [6, 6.07) is 4.87. The first-order valence-corrected chi connectivity index (χ1v) is 5.39. The number of hydrogen-bond acceptors (Lipinski definition) is 5. The van der Waals surface area contributed by atoms with Crippen molar-refractivity contribution >= 4 is 32.6 Å². The molecule has 1 amide bonds. The number of ether oxygens (including phenoxy) is 1. The molecule has 2 rings (SSSR count). The Morgan fingerprint density at radius 1 is 1.62 bits per heavy atom. The normalized spacial score (nSPS) is 10.6. The van der Waals surface area contributed by atoms with Gasteiger partial charge in [-0.05, 0) is 18.2 Å². The van der Waals surface area contributed by atoms with E-state index in [-0.39, 0.29) is 18.3 Å². The highest BCUT2D eigenvalue weighted by atomic mass is 32.1. The minimum atomic E-state index is -0.245. The molecule has 5 nitrogen and oxygen atoms in total. The van der Waals surface area contributed by atoms with Gasteiger partial charge in [0.2, 0.25) is 0 Å². The van der Waals surface area contributed by atoms with E-state index in [0.29, 0.717) is 5.13 Å². The van der Waals surface area contributed by atoms with Crippen molar-refractivity contribution in [2.24, 2.45) is 0 Å². The predicted molar refractivity (Wildman–Crippen MR) is 61.8 cm³/mol. The summed E-state index contributed by atoms with van der Waals surface area (Å²) in [5.41, 5.74) is 0.746. The molecule has 0 aliphatic carbocycles. The van der Waals surface area contributed by atoms with Gasteiger partial charge in [0, 0.05) is 7.11 Å². The van der Waals surface area contributed by atoms with Crippen molar-refractivity contribution in [3.8, 4) is 5.75 Å². The molecule has 0 aliphatic heterocycles. The summed E-state index contributed by atoms with van der Waals surface area (Å²) >= 11 is 1.31. The average molecular weight is 238 g/mol. The number of benzene rings is 1. The molecule has 0 spiro atoms. The van der Waals surface area contributed by atoms with Crippen LogP contribution in [0.5, 0.6) is 5.75 Å². The number of nitrogens with one attached hydrogen (secondary N) is 1. The smallest absolute Gasteiger partial charge is 0.252 e. The number of nitrogens with zero attached hydrogens (tertiary/aromatic N) is 1. The lowest BCUT2D eigenvalue weighted by Crippen LogP contribution is -2.16. The monoisotopic (exact) mass is 238 g/mol. The van der Waals surface area contributed by atoms with Gasteiger partial charge >= 0.3 is 0 Å². The number of thiazole rings is 1. The number of carbonyl (C=O) groups excluding carboxylic acids is 1. The summed E-state index contributed by atoms with van der Waals surface area (Å²) in [7, 11) is 1.45. The van der Waals surface area contributed by atoms with Crippen LogP contribution in [0.25, 0.3) is 10.2 Å². The molecule has 1 aromatic carbocycles.